The highest BCUT2D eigenvalue weighted by Crippen LogP contribution is 2.35. The number of benzene rings is 3. The number of esters is 1. The molecule has 0 spiro atoms. The summed E-state index contributed by atoms with van der Waals surface area (Å²) in [6, 6.07) is 25.5. The lowest BCUT2D eigenvalue weighted by molar-refractivity contribution is -0.149. The summed E-state index contributed by atoms with van der Waals surface area (Å²) in [5.74, 6) is 0.207. The Kier molecular flexibility index (Phi) is 8.32. The van der Waals surface area contributed by atoms with E-state index in [-0.39, 0.29) is 30.6 Å². The first-order valence-corrected chi connectivity index (χ1v) is 13.3. The Bertz CT molecular complexity index is 1140. The highest BCUT2D eigenvalue weighted by atomic mass is 16.7. The average molecular weight is 499 g/mol. The van der Waals surface area contributed by atoms with Gasteiger partial charge in [0, 0.05) is 12.8 Å². The number of hydrogen-bond donors (Lipinski definition) is 0. The van der Waals surface area contributed by atoms with Gasteiger partial charge in [0.1, 0.15) is 5.75 Å². The van der Waals surface area contributed by atoms with Gasteiger partial charge in [-0.3, -0.25) is 9.59 Å². The van der Waals surface area contributed by atoms with Crippen LogP contribution in [0.25, 0.3) is 0 Å². The second-order valence-corrected chi connectivity index (χ2v) is 10.0. The highest BCUT2D eigenvalue weighted by molar-refractivity contribution is 5.91. The van der Waals surface area contributed by atoms with Gasteiger partial charge in [0.25, 0.3) is 0 Å². The predicted molar refractivity (Wildman–Crippen MR) is 141 cm³/mol. The van der Waals surface area contributed by atoms with E-state index < -0.39 is 5.92 Å². The van der Waals surface area contributed by atoms with Gasteiger partial charge in [-0.15, -0.1) is 0 Å². The summed E-state index contributed by atoms with van der Waals surface area (Å²) in [6.45, 7) is 0.528. The van der Waals surface area contributed by atoms with Crippen LogP contribution < -0.4 is 4.74 Å². The third-order valence-electron chi connectivity index (χ3n) is 7.36. The normalized spacial score (nSPS) is 19.2. The Morgan fingerprint density at radius 2 is 1.59 bits per heavy atom. The number of ether oxygens (including phenoxy) is 3. The topological polar surface area (TPSA) is 61.8 Å². The van der Waals surface area contributed by atoms with Crippen LogP contribution in [0.3, 0.4) is 0 Å². The smallest absolute Gasteiger partial charge is 0.306 e. The number of carbonyl (C=O) groups is 2. The summed E-state index contributed by atoms with van der Waals surface area (Å²) < 4.78 is 17.4. The molecule has 0 aromatic heterocycles. The minimum Gasteiger partial charge on any atom is -0.465 e. The van der Waals surface area contributed by atoms with Gasteiger partial charge < -0.3 is 14.2 Å². The van der Waals surface area contributed by atoms with Crippen LogP contribution in [0.4, 0.5) is 0 Å². The maximum Gasteiger partial charge on any atom is 0.306 e. The Labute approximate surface area is 218 Å². The van der Waals surface area contributed by atoms with Gasteiger partial charge in [0.2, 0.25) is 0 Å². The molecule has 3 aromatic carbocycles. The van der Waals surface area contributed by atoms with E-state index in [1.54, 1.807) is 0 Å². The lowest BCUT2D eigenvalue weighted by Crippen LogP contribution is -2.26. The Hall–Kier alpha value is -3.44. The van der Waals surface area contributed by atoms with E-state index in [2.05, 4.69) is 6.07 Å². The van der Waals surface area contributed by atoms with Crippen molar-refractivity contribution in [3.05, 3.63) is 101 Å². The first kappa shape index (κ1) is 25.2. The Morgan fingerprint density at radius 1 is 0.865 bits per heavy atom. The zero-order chi connectivity index (χ0) is 25.5. The van der Waals surface area contributed by atoms with Gasteiger partial charge >= 0.3 is 5.97 Å². The van der Waals surface area contributed by atoms with E-state index in [1.807, 2.05) is 72.8 Å². The molecule has 2 atom stereocenters. The zero-order valence-electron chi connectivity index (χ0n) is 21.1. The quantitative estimate of drug-likeness (QED) is 0.337. The fraction of sp³-hybridized carbons (Fsp3) is 0.375. The van der Waals surface area contributed by atoms with Crippen LogP contribution in [-0.2, 0) is 31.9 Å². The molecule has 5 nitrogen and oxygen atoms in total. The predicted octanol–water partition coefficient (Wildman–Crippen LogP) is 6.03. The lowest BCUT2D eigenvalue weighted by atomic mass is 9.82. The van der Waals surface area contributed by atoms with Crippen molar-refractivity contribution in [2.75, 3.05) is 13.2 Å². The second kappa shape index (κ2) is 12.2. The van der Waals surface area contributed by atoms with Crippen molar-refractivity contribution in [2.45, 2.75) is 57.2 Å². The van der Waals surface area contributed by atoms with Crippen molar-refractivity contribution in [1.82, 2.24) is 0 Å². The molecule has 1 fully saturated rings. The van der Waals surface area contributed by atoms with Crippen molar-refractivity contribution in [1.29, 1.82) is 0 Å². The molecular formula is C32H34O5. The van der Waals surface area contributed by atoms with Crippen molar-refractivity contribution in [2.24, 2.45) is 5.92 Å². The SMILES string of the molecule is O=C(CC1CCc2c(cccc2OC2CCCCO2)C1)OCC(=O)C(c1ccccc1)c1ccccc1. The molecular weight excluding hydrogens is 464 g/mol. The Morgan fingerprint density at radius 3 is 2.27 bits per heavy atom. The van der Waals surface area contributed by atoms with Gasteiger partial charge in [0.15, 0.2) is 18.7 Å². The number of hydrogen-bond acceptors (Lipinski definition) is 5. The van der Waals surface area contributed by atoms with E-state index in [0.29, 0.717) is 6.42 Å². The highest BCUT2D eigenvalue weighted by Gasteiger charge is 2.27. The molecule has 0 saturated carbocycles. The summed E-state index contributed by atoms with van der Waals surface area (Å²) >= 11 is 0. The summed E-state index contributed by atoms with van der Waals surface area (Å²) in [5, 5.41) is 0. The van der Waals surface area contributed by atoms with E-state index in [9.17, 15) is 9.59 Å². The summed E-state index contributed by atoms with van der Waals surface area (Å²) in [7, 11) is 0. The second-order valence-electron chi connectivity index (χ2n) is 10.0. The molecule has 2 aliphatic rings. The Balaban J connectivity index is 1.17. The van der Waals surface area contributed by atoms with Crippen LogP contribution in [0.1, 0.15) is 60.3 Å². The van der Waals surface area contributed by atoms with Gasteiger partial charge in [0.05, 0.1) is 12.5 Å². The molecule has 0 amide bonds. The van der Waals surface area contributed by atoms with E-state index in [1.165, 1.54) is 11.1 Å². The molecule has 37 heavy (non-hydrogen) atoms. The average Bonchev–Trinajstić information content (AvgIpc) is 2.94. The van der Waals surface area contributed by atoms with Gasteiger partial charge in [-0.1, -0.05) is 72.8 Å². The number of carbonyl (C=O) groups excluding carboxylic acids is 2. The molecule has 0 radical (unpaired) electrons. The van der Waals surface area contributed by atoms with Crippen LogP contribution >= 0.6 is 0 Å². The molecule has 1 heterocycles. The van der Waals surface area contributed by atoms with E-state index in [4.69, 9.17) is 14.2 Å². The van der Waals surface area contributed by atoms with Crippen LogP contribution in [0.2, 0.25) is 0 Å². The van der Waals surface area contributed by atoms with Crippen molar-refractivity contribution < 1.29 is 23.8 Å². The third kappa shape index (κ3) is 6.47. The first-order valence-electron chi connectivity index (χ1n) is 13.3. The van der Waals surface area contributed by atoms with Gasteiger partial charge in [-0.05, 0) is 66.3 Å². The van der Waals surface area contributed by atoms with Crippen LogP contribution in [-0.4, -0.2) is 31.3 Å². The molecule has 5 rings (SSSR count). The van der Waals surface area contributed by atoms with Crippen molar-refractivity contribution in [3.63, 3.8) is 0 Å². The minimum atomic E-state index is -0.455. The van der Waals surface area contributed by atoms with E-state index in [0.717, 1.165) is 62.0 Å². The van der Waals surface area contributed by atoms with Gasteiger partial charge in [-0.25, -0.2) is 0 Å². The number of ketones is 1. The molecule has 0 N–H and O–H groups in total. The maximum atomic E-state index is 13.2. The molecule has 0 bridgehead atoms. The third-order valence-corrected chi connectivity index (χ3v) is 7.36. The summed E-state index contributed by atoms with van der Waals surface area (Å²) in [6.07, 6.45) is 5.84. The van der Waals surface area contributed by atoms with Crippen molar-refractivity contribution in [3.8, 4) is 5.75 Å². The van der Waals surface area contributed by atoms with Crippen LogP contribution in [0, 0.1) is 5.92 Å². The van der Waals surface area contributed by atoms with E-state index >= 15 is 0 Å². The molecule has 3 aromatic rings. The van der Waals surface area contributed by atoms with Crippen LogP contribution in [0.15, 0.2) is 78.9 Å². The van der Waals surface area contributed by atoms with Gasteiger partial charge in [-0.2, -0.15) is 0 Å². The van der Waals surface area contributed by atoms with Crippen LogP contribution in [0.5, 0.6) is 5.75 Å². The molecule has 1 saturated heterocycles. The fourth-order valence-electron chi connectivity index (χ4n) is 5.46. The number of rotatable bonds is 9. The summed E-state index contributed by atoms with van der Waals surface area (Å²) in [4.78, 5) is 25.9. The molecule has 1 aliphatic carbocycles. The number of fused-ring (bicyclic) bond motifs is 1. The van der Waals surface area contributed by atoms with Crippen molar-refractivity contribution >= 4 is 11.8 Å². The first-order chi connectivity index (χ1) is 18.2. The molecule has 1 aliphatic heterocycles. The number of Topliss-reactive ketones (excluding diaryl/α,β-unsaturated/α-hetero) is 1. The largest absolute Gasteiger partial charge is 0.465 e. The zero-order valence-corrected chi connectivity index (χ0v) is 21.1. The molecule has 5 heteroatoms. The molecule has 2 unspecified atom stereocenters. The summed E-state index contributed by atoms with van der Waals surface area (Å²) in [5.41, 5.74) is 4.25. The minimum absolute atomic E-state index is 0.119. The lowest BCUT2D eigenvalue weighted by Gasteiger charge is -2.29. The maximum absolute atomic E-state index is 13.2. The standard InChI is InChI=1S/C32H34O5/c33-28(32(24-10-3-1-4-11-24)25-12-5-2-6-13-25)22-36-30(34)21-23-17-18-27-26(20-23)14-9-15-29(27)37-31-16-7-8-19-35-31/h1-6,9-15,23,31-32H,7-8,16-22H2. The fourth-order valence-corrected chi connectivity index (χ4v) is 5.46. The molecule has 192 valence electrons. The monoisotopic (exact) mass is 498 g/mol.